The molecule has 0 fully saturated rings. The minimum absolute atomic E-state index is 0.413. The number of carbonyl (C=O) groups is 1. The molecule has 0 saturated carbocycles. The zero-order chi connectivity index (χ0) is 19.3. The van der Waals surface area contributed by atoms with E-state index in [9.17, 15) is 13.2 Å². The van der Waals surface area contributed by atoms with Crippen LogP contribution in [0.3, 0.4) is 0 Å². The molecule has 0 aliphatic carbocycles. The van der Waals surface area contributed by atoms with Crippen molar-refractivity contribution in [3.8, 4) is 0 Å². The molecule has 138 valence electrons. The van der Waals surface area contributed by atoms with Crippen molar-refractivity contribution in [3.05, 3.63) is 65.2 Å². The molecule has 0 saturated heterocycles. The van der Waals surface area contributed by atoms with Gasteiger partial charge >= 0.3 is 0 Å². The van der Waals surface area contributed by atoms with Gasteiger partial charge in [0.1, 0.15) is 6.04 Å². The van der Waals surface area contributed by atoms with Crippen LogP contribution in [0.5, 0.6) is 0 Å². The van der Waals surface area contributed by atoms with E-state index in [1.807, 2.05) is 0 Å². The molecule has 26 heavy (non-hydrogen) atoms. The van der Waals surface area contributed by atoms with Crippen LogP contribution in [0.4, 0.5) is 5.69 Å². The first-order valence-corrected chi connectivity index (χ1v) is 10.1. The number of nitrogens with one attached hydrogen (secondary N) is 1. The van der Waals surface area contributed by atoms with Crippen LogP contribution in [-0.2, 0) is 14.8 Å². The fourth-order valence-electron chi connectivity index (χ4n) is 2.37. The van der Waals surface area contributed by atoms with Gasteiger partial charge in [0.25, 0.3) is 5.91 Å². The number of hydrogen-bond acceptors (Lipinski definition) is 4. The van der Waals surface area contributed by atoms with E-state index in [2.05, 4.69) is 10.5 Å². The number of nitrogens with zero attached hydrogens (tertiary/aromatic N) is 2. The number of amides is 1. The third-order valence-corrected chi connectivity index (χ3v) is 5.19. The van der Waals surface area contributed by atoms with E-state index in [1.54, 1.807) is 61.5 Å². The first-order valence-electron chi connectivity index (χ1n) is 7.84. The third-order valence-electron chi connectivity index (χ3n) is 3.69. The lowest BCUT2D eigenvalue weighted by Crippen LogP contribution is -2.46. The number of rotatable bonds is 6. The minimum Gasteiger partial charge on any atom is -0.271 e. The molecule has 1 amide bonds. The lowest BCUT2D eigenvalue weighted by atomic mass is 10.1. The van der Waals surface area contributed by atoms with Crippen molar-refractivity contribution in [3.63, 3.8) is 0 Å². The van der Waals surface area contributed by atoms with Gasteiger partial charge in [-0.2, -0.15) is 5.10 Å². The smallest absolute Gasteiger partial charge is 0.263 e. The summed E-state index contributed by atoms with van der Waals surface area (Å²) < 4.78 is 25.4. The summed E-state index contributed by atoms with van der Waals surface area (Å²) in [4.78, 5) is 12.4. The maximum absolute atomic E-state index is 12.4. The summed E-state index contributed by atoms with van der Waals surface area (Å²) in [6.45, 7) is 3.25. The minimum atomic E-state index is -3.65. The Bertz CT molecular complexity index is 897. The Kier molecular flexibility index (Phi) is 6.39. The molecule has 0 radical (unpaired) electrons. The molecule has 0 aliphatic heterocycles. The number of hydrogen-bond donors (Lipinski definition) is 1. The lowest BCUT2D eigenvalue weighted by molar-refractivity contribution is -0.121. The highest BCUT2D eigenvalue weighted by molar-refractivity contribution is 7.92. The van der Waals surface area contributed by atoms with Crippen LogP contribution in [0, 0.1) is 0 Å². The van der Waals surface area contributed by atoms with Crippen molar-refractivity contribution in [2.75, 3.05) is 10.6 Å². The van der Waals surface area contributed by atoms with E-state index < -0.39 is 22.0 Å². The first-order chi connectivity index (χ1) is 12.2. The zero-order valence-electron chi connectivity index (χ0n) is 14.7. The second kappa shape index (κ2) is 8.33. The molecular formula is C18H20ClN3O3S. The Morgan fingerprint density at radius 3 is 2.23 bits per heavy atom. The average Bonchev–Trinajstić information content (AvgIpc) is 2.59. The fourth-order valence-corrected chi connectivity index (χ4v) is 3.67. The Balaban J connectivity index is 2.19. The van der Waals surface area contributed by atoms with Gasteiger partial charge in [-0.15, -0.1) is 0 Å². The summed E-state index contributed by atoms with van der Waals surface area (Å²) in [6.07, 6.45) is 1.06. The van der Waals surface area contributed by atoms with Crippen LogP contribution < -0.4 is 9.73 Å². The van der Waals surface area contributed by atoms with Crippen LogP contribution in [0.2, 0.25) is 5.02 Å². The molecule has 0 spiro atoms. The van der Waals surface area contributed by atoms with Crippen molar-refractivity contribution in [1.29, 1.82) is 0 Å². The molecule has 1 N–H and O–H groups in total. The quantitative estimate of drug-likeness (QED) is 0.605. The molecule has 8 heteroatoms. The van der Waals surface area contributed by atoms with Gasteiger partial charge in [-0.1, -0.05) is 41.9 Å². The lowest BCUT2D eigenvalue weighted by Gasteiger charge is -2.27. The van der Waals surface area contributed by atoms with E-state index in [4.69, 9.17) is 11.6 Å². The Labute approximate surface area is 158 Å². The van der Waals surface area contributed by atoms with Crippen molar-refractivity contribution in [1.82, 2.24) is 5.43 Å². The standard InChI is InChI=1S/C18H20ClN3O3S/c1-13(15-9-11-16(19)12-10-15)20-21-18(23)14(2)22(26(3,24)25)17-7-5-4-6-8-17/h4-12,14H,1-3H3,(H,21,23)/b20-13-/t14-/m1/s1. The predicted molar refractivity (Wildman–Crippen MR) is 105 cm³/mol. The number of sulfonamides is 1. The van der Waals surface area contributed by atoms with Gasteiger partial charge in [0.2, 0.25) is 10.0 Å². The molecule has 0 bridgehead atoms. The molecule has 0 aromatic heterocycles. The van der Waals surface area contributed by atoms with E-state index in [-0.39, 0.29) is 0 Å². The third kappa shape index (κ3) is 5.06. The maximum atomic E-state index is 12.4. The monoisotopic (exact) mass is 393 g/mol. The van der Waals surface area contributed by atoms with E-state index in [1.165, 1.54) is 6.92 Å². The summed E-state index contributed by atoms with van der Waals surface area (Å²) in [5.41, 5.74) is 4.21. The fraction of sp³-hybridized carbons (Fsp3) is 0.222. The molecule has 2 aromatic rings. The number of hydrazone groups is 1. The summed E-state index contributed by atoms with van der Waals surface area (Å²) in [6, 6.07) is 14.5. The van der Waals surface area contributed by atoms with Crippen molar-refractivity contribution in [2.45, 2.75) is 19.9 Å². The molecule has 0 aliphatic rings. The van der Waals surface area contributed by atoms with Crippen LogP contribution in [0.1, 0.15) is 19.4 Å². The topological polar surface area (TPSA) is 78.8 Å². The second-order valence-corrected chi connectivity index (χ2v) is 8.05. The Morgan fingerprint density at radius 1 is 1.12 bits per heavy atom. The molecule has 0 unspecified atom stereocenters. The molecule has 6 nitrogen and oxygen atoms in total. The highest BCUT2D eigenvalue weighted by atomic mass is 35.5. The van der Waals surface area contributed by atoms with E-state index in [0.717, 1.165) is 16.1 Å². The SMILES string of the molecule is C/C(=N/NC(=O)[C@@H](C)N(c1ccccc1)S(C)(=O)=O)c1ccc(Cl)cc1. The number of halogens is 1. The van der Waals surface area contributed by atoms with Crippen LogP contribution in [-0.4, -0.2) is 32.3 Å². The molecule has 2 aromatic carbocycles. The zero-order valence-corrected chi connectivity index (χ0v) is 16.3. The normalized spacial score (nSPS) is 13.2. The van der Waals surface area contributed by atoms with Gasteiger partial charge in [-0.05, 0) is 43.7 Å². The van der Waals surface area contributed by atoms with Gasteiger partial charge in [0, 0.05) is 5.02 Å². The summed E-state index contributed by atoms with van der Waals surface area (Å²) in [7, 11) is -3.65. The summed E-state index contributed by atoms with van der Waals surface area (Å²) >= 11 is 5.85. The number of benzene rings is 2. The van der Waals surface area contributed by atoms with Crippen LogP contribution in [0.15, 0.2) is 59.7 Å². The Morgan fingerprint density at radius 2 is 1.69 bits per heavy atom. The number of anilines is 1. The Hall–Kier alpha value is -2.38. The average molecular weight is 394 g/mol. The van der Waals surface area contributed by atoms with E-state index in [0.29, 0.717) is 16.4 Å². The molecule has 0 heterocycles. The van der Waals surface area contributed by atoms with Gasteiger partial charge < -0.3 is 0 Å². The molecular weight excluding hydrogens is 374 g/mol. The highest BCUT2D eigenvalue weighted by Crippen LogP contribution is 2.20. The maximum Gasteiger partial charge on any atom is 0.263 e. The molecule has 2 rings (SSSR count). The highest BCUT2D eigenvalue weighted by Gasteiger charge is 2.28. The van der Waals surface area contributed by atoms with Gasteiger partial charge in [-0.3, -0.25) is 9.10 Å². The first kappa shape index (κ1) is 19.9. The van der Waals surface area contributed by atoms with Gasteiger partial charge in [0.05, 0.1) is 17.7 Å². The van der Waals surface area contributed by atoms with Gasteiger partial charge in [-0.25, -0.2) is 13.8 Å². The summed E-state index contributed by atoms with van der Waals surface area (Å²) in [5, 5.41) is 4.66. The van der Waals surface area contributed by atoms with Crippen molar-refractivity contribution in [2.24, 2.45) is 5.10 Å². The number of para-hydroxylation sites is 1. The molecule has 1 atom stereocenters. The predicted octanol–water partition coefficient (Wildman–Crippen LogP) is 3.03. The van der Waals surface area contributed by atoms with Gasteiger partial charge in [0.15, 0.2) is 0 Å². The van der Waals surface area contributed by atoms with E-state index >= 15 is 0 Å². The summed E-state index contributed by atoms with van der Waals surface area (Å²) in [5.74, 6) is -0.535. The largest absolute Gasteiger partial charge is 0.271 e. The van der Waals surface area contributed by atoms with Crippen molar-refractivity contribution < 1.29 is 13.2 Å². The second-order valence-electron chi connectivity index (χ2n) is 5.75. The van der Waals surface area contributed by atoms with Crippen LogP contribution >= 0.6 is 11.6 Å². The van der Waals surface area contributed by atoms with Crippen LogP contribution in [0.25, 0.3) is 0 Å². The van der Waals surface area contributed by atoms with Crippen molar-refractivity contribution >= 4 is 38.9 Å². The number of carbonyl (C=O) groups excluding carboxylic acids is 1.